The zero-order valence-electron chi connectivity index (χ0n) is 12.5. The van der Waals surface area contributed by atoms with Gasteiger partial charge in [0.25, 0.3) is 5.91 Å². The summed E-state index contributed by atoms with van der Waals surface area (Å²) in [6, 6.07) is 6.42. The minimum absolute atomic E-state index is 0.147. The maximum Gasteiger partial charge on any atom is 0.268 e. The summed E-state index contributed by atoms with van der Waals surface area (Å²) in [5.41, 5.74) is 3.71. The van der Waals surface area contributed by atoms with Crippen molar-refractivity contribution in [1.82, 2.24) is 0 Å². The summed E-state index contributed by atoms with van der Waals surface area (Å²) < 4.78 is 0. The maximum atomic E-state index is 11.3. The van der Waals surface area contributed by atoms with Crippen molar-refractivity contribution in [2.75, 3.05) is 5.75 Å². The smallest absolute Gasteiger partial charge is 0.268 e. The molecule has 0 saturated heterocycles. The van der Waals surface area contributed by atoms with E-state index in [4.69, 9.17) is 0 Å². The Bertz CT molecular complexity index is 605. The zero-order chi connectivity index (χ0) is 15.2. The molecule has 21 heavy (non-hydrogen) atoms. The molecule has 2 rings (SSSR count). The first-order chi connectivity index (χ1) is 10.1. The lowest BCUT2D eigenvalue weighted by Crippen LogP contribution is -2.04. The first-order valence-electron chi connectivity index (χ1n) is 7.06. The van der Waals surface area contributed by atoms with Crippen molar-refractivity contribution in [3.05, 3.63) is 53.8 Å². The van der Waals surface area contributed by atoms with Gasteiger partial charge in [-0.3, -0.25) is 4.79 Å². The molecule has 4 heteroatoms. The third-order valence-electron chi connectivity index (χ3n) is 3.57. The number of thioether (sulfide) groups is 1. The fourth-order valence-electron chi connectivity index (χ4n) is 2.55. The maximum absolute atomic E-state index is 11.3. The Kier molecular flexibility index (Phi) is 5.51. The van der Waals surface area contributed by atoms with E-state index in [9.17, 15) is 4.79 Å². The second-order valence-corrected chi connectivity index (χ2v) is 6.31. The predicted molar refractivity (Wildman–Crippen MR) is 87.7 cm³/mol. The molecule has 1 atom stereocenters. The molecule has 1 heterocycles. The Labute approximate surface area is 130 Å². The first kappa shape index (κ1) is 15.7. The number of nitrogens with zero attached hydrogens (tertiary/aromatic N) is 2. The standard InChI is InChI=1S/C17H20N2OS/c1-4-8-21-16-7-5-6-15(13(16)3)12(2)9-14-10-17(20)19-18-11-14/h4-7,11-12H,1,8-10H2,2-3H3. The van der Waals surface area contributed by atoms with Crippen molar-refractivity contribution in [2.24, 2.45) is 10.2 Å². The number of hydrogen-bond donors (Lipinski definition) is 0. The van der Waals surface area contributed by atoms with Crippen molar-refractivity contribution < 1.29 is 4.79 Å². The normalized spacial score (nSPS) is 15.7. The first-order valence-corrected chi connectivity index (χ1v) is 8.05. The van der Waals surface area contributed by atoms with Gasteiger partial charge in [-0.2, -0.15) is 5.11 Å². The number of azo groups is 1. The molecule has 110 valence electrons. The quantitative estimate of drug-likeness (QED) is 0.546. The van der Waals surface area contributed by atoms with Gasteiger partial charge in [0.2, 0.25) is 0 Å². The van der Waals surface area contributed by atoms with E-state index < -0.39 is 0 Å². The van der Waals surface area contributed by atoms with E-state index in [1.165, 1.54) is 16.0 Å². The Morgan fingerprint density at radius 2 is 2.29 bits per heavy atom. The number of benzene rings is 1. The van der Waals surface area contributed by atoms with Crippen LogP contribution in [0, 0.1) is 6.92 Å². The third kappa shape index (κ3) is 4.14. The lowest BCUT2D eigenvalue weighted by Gasteiger charge is -2.18. The van der Waals surface area contributed by atoms with Gasteiger partial charge in [0.1, 0.15) is 0 Å². The van der Waals surface area contributed by atoms with E-state index in [2.05, 4.69) is 48.9 Å². The Balaban J connectivity index is 2.13. The lowest BCUT2D eigenvalue weighted by molar-refractivity contribution is -0.117. The van der Waals surface area contributed by atoms with Gasteiger partial charge in [0, 0.05) is 16.8 Å². The van der Waals surface area contributed by atoms with Crippen LogP contribution in [0.15, 0.2) is 57.8 Å². The van der Waals surface area contributed by atoms with Crippen molar-refractivity contribution in [3.63, 3.8) is 0 Å². The van der Waals surface area contributed by atoms with Crippen LogP contribution in [0.5, 0.6) is 0 Å². The lowest BCUT2D eigenvalue weighted by atomic mass is 9.89. The average molecular weight is 300 g/mol. The van der Waals surface area contributed by atoms with Gasteiger partial charge in [-0.1, -0.05) is 25.1 Å². The minimum atomic E-state index is -0.147. The van der Waals surface area contributed by atoms with Crippen LogP contribution in [0.2, 0.25) is 0 Å². The van der Waals surface area contributed by atoms with Crippen molar-refractivity contribution in [2.45, 2.75) is 37.5 Å². The van der Waals surface area contributed by atoms with Crippen molar-refractivity contribution in [3.8, 4) is 0 Å². The van der Waals surface area contributed by atoms with Crippen molar-refractivity contribution in [1.29, 1.82) is 0 Å². The monoisotopic (exact) mass is 300 g/mol. The van der Waals surface area contributed by atoms with Gasteiger partial charge in [-0.05, 0) is 42.0 Å². The molecule has 0 bridgehead atoms. The highest BCUT2D eigenvalue weighted by Crippen LogP contribution is 2.33. The summed E-state index contributed by atoms with van der Waals surface area (Å²) in [6.45, 7) is 8.13. The van der Waals surface area contributed by atoms with Gasteiger partial charge in [-0.15, -0.1) is 23.5 Å². The summed E-state index contributed by atoms with van der Waals surface area (Å²) in [5, 5.41) is 7.29. The van der Waals surface area contributed by atoms with E-state index >= 15 is 0 Å². The molecule has 1 aliphatic heterocycles. The van der Waals surface area contributed by atoms with Crippen LogP contribution in [-0.2, 0) is 4.79 Å². The summed E-state index contributed by atoms with van der Waals surface area (Å²) in [4.78, 5) is 12.6. The molecule has 3 nitrogen and oxygen atoms in total. The van der Waals surface area contributed by atoms with E-state index in [1.807, 2.05) is 6.08 Å². The molecule has 1 amide bonds. The van der Waals surface area contributed by atoms with Gasteiger partial charge in [0.05, 0.1) is 6.42 Å². The van der Waals surface area contributed by atoms with Crippen LogP contribution >= 0.6 is 11.8 Å². The summed E-state index contributed by atoms with van der Waals surface area (Å²) >= 11 is 1.80. The summed E-state index contributed by atoms with van der Waals surface area (Å²) in [7, 11) is 0. The molecule has 0 N–H and O–H groups in total. The van der Waals surface area contributed by atoms with E-state index in [1.54, 1.807) is 18.0 Å². The highest BCUT2D eigenvalue weighted by molar-refractivity contribution is 7.99. The zero-order valence-corrected chi connectivity index (χ0v) is 13.3. The van der Waals surface area contributed by atoms with Crippen LogP contribution < -0.4 is 0 Å². The fraction of sp³-hybridized carbons (Fsp3) is 0.353. The third-order valence-corrected chi connectivity index (χ3v) is 4.73. The molecule has 0 aromatic heterocycles. The molecular formula is C17H20N2OS. The molecule has 1 unspecified atom stereocenters. The second kappa shape index (κ2) is 7.36. The SMILES string of the molecule is C=CCSc1cccc(C(C)CC2=CN=NC(=O)C2)c1C. The highest BCUT2D eigenvalue weighted by Gasteiger charge is 2.16. The van der Waals surface area contributed by atoms with Crippen molar-refractivity contribution >= 4 is 17.7 Å². The van der Waals surface area contributed by atoms with Crippen LogP contribution in [0.4, 0.5) is 0 Å². The topological polar surface area (TPSA) is 41.8 Å². The van der Waals surface area contributed by atoms with Gasteiger partial charge in [-0.25, -0.2) is 0 Å². The number of hydrogen-bond acceptors (Lipinski definition) is 3. The minimum Gasteiger partial charge on any atom is -0.271 e. The Morgan fingerprint density at radius 3 is 3.00 bits per heavy atom. The molecule has 1 aliphatic rings. The van der Waals surface area contributed by atoms with E-state index in [0.717, 1.165) is 17.7 Å². The molecule has 0 spiro atoms. The fourth-order valence-corrected chi connectivity index (χ4v) is 3.36. The number of amides is 1. The molecule has 0 aliphatic carbocycles. The van der Waals surface area contributed by atoms with Crippen LogP contribution in [-0.4, -0.2) is 11.7 Å². The van der Waals surface area contributed by atoms with Crippen LogP contribution in [0.3, 0.4) is 0 Å². The molecular weight excluding hydrogens is 280 g/mol. The summed E-state index contributed by atoms with van der Waals surface area (Å²) in [5.74, 6) is 1.13. The number of rotatable bonds is 6. The average Bonchev–Trinajstić information content (AvgIpc) is 2.46. The number of carbonyl (C=O) groups excluding carboxylic acids is 1. The largest absolute Gasteiger partial charge is 0.271 e. The van der Waals surface area contributed by atoms with Gasteiger partial charge in [0.15, 0.2) is 0 Å². The van der Waals surface area contributed by atoms with Gasteiger partial charge >= 0.3 is 0 Å². The highest BCUT2D eigenvalue weighted by atomic mass is 32.2. The molecule has 0 fully saturated rings. The van der Waals surface area contributed by atoms with E-state index in [0.29, 0.717) is 12.3 Å². The molecule has 1 aromatic rings. The van der Waals surface area contributed by atoms with E-state index in [-0.39, 0.29) is 5.91 Å². The van der Waals surface area contributed by atoms with Gasteiger partial charge < -0.3 is 0 Å². The second-order valence-electron chi connectivity index (χ2n) is 5.25. The Morgan fingerprint density at radius 1 is 1.48 bits per heavy atom. The number of carbonyl (C=O) groups is 1. The molecule has 0 radical (unpaired) electrons. The Hall–Kier alpha value is -1.68. The predicted octanol–water partition coefficient (Wildman–Crippen LogP) is 5.03. The van der Waals surface area contributed by atoms with Crippen LogP contribution in [0.25, 0.3) is 0 Å². The molecule has 0 saturated carbocycles. The summed E-state index contributed by atoms with van der Waals surface area (Å²) in [6.07, 6.45) is 4.90. The molecule has 1 aromatic carbocycles. The van der Waals surface area contributed by atoms with Crippen LogP contribution in [0.1, 0.15) is 36.8 Å².